The molecule has 172 valence electrons. The highest BCUT2D eigenvalue weighted by Crippen LogP contribution is 2.10. The molecule has 4 heteroatoms. The molecule has 1 aliphatic rings. The number of aliphatic hydroxyl groups excluding tert-OH is 1. The summed E-state index contributed by atoms with van der Waals surface area (Å²) >= 11 is 0. The molecule has 0 saturated heterocycles. The molecule has 1 aliphatic heterocycles. The van der Waals surface area contributed by atoms with E-state index in [1.165, 1.54) is 21.9 Å². The first-order valence-corrected chi connectivity index (χ1v) is 11.8. The van der Waals surface area contributed by atoms with Crippen molar-refractivity contribution in [2.45, 2.75) is 6.17 Å². The molecule has 0 radical (unpaired) electrons. The molecule has 0 saturated carbocycles. The van der Waals surface area contributed by atoms with Gasteiger partial charge in [-0.3, -0.25) is 0 Å². The lowest BCUT2D eigenvalue weighted by atomic mass is 9.13. The maximum Gasteiger partial charge on any atom is 0.124 e. The minimum absolute atomic E-state index is 0.144. The second-order valence-corrected chi connectivity index (χ2v) is 8.80. The third-order valence-electron chi connectivity index (χ3n) is 6.84. The molecule has 4 aromatic rings. The fraction of sp³-hybridized carbons (Fsp3) is 0.133. The predicted molar refractivity (Wildman–Crippen MR) is 146 cm³/mol. The summed E-state index contributed by atoms with van der Waals surface area (Å²) in [6, 6.07) is 43.5. The number of rotatable bonds is 5. The van der Waals surface area contributed by atoms with E-state index >= 15 is 0 Å². The Labute approximate surface area is 203 Å². The molecule has 3 nitrogen and oxygen atoms in total. The average Bonchev–Trinajstić information content (AvgIpc) is 3.24. The highest BCUT2D eigenvalue weighted by molar-refractivity contribution is 7.19. The van der Waals surface area contributed by atoms with Crippen LogP contribution in [0.15, 0.2) is 134 Å². The number of likely N-dealkylation sites (N-methyl/N-ethyl adjacent to an activating group) is 2. The summed E-state index contributed by atoms with van der Waals surface area (Å²) in [5.41, 5.74) is 5.36. The molecule has 4 aromatic carbocycles. The summed E-state index contributed by atoms with van der Waals surface area (Å²) in [6.45, 7) is 0.181. The highest BCUT2D eigenvalue weighted by Gasteiger charge is 2.31. The van der Waals surface area contributed by atoms with Crippen LogP contribution in [-0.2, 0) is 0 Å². The fourth-order valence-electron chi connectivity index (χ4n) is 5.08. The van der Waals surface area contributed by atoms with Gasteiger partial charge < -0.3 is 14.9 Å². The van der Waals surface area contributed by atoms with Crippen molar-refractivity contribution >= 4 is 28.0 Å². The molecular weight excluding hydrogens is 415 g/mol. The molecular formula is C30H32BN2O-. The molecule has 0 unspecified atom stereocenters. The van der Waals surface area contributed by atoms with Crippen LogP contribution in [0.1, 0.15) is 0 Å². The molecule has 0 amide bonds. The molecule has 0 bridgehead atoms. The minimum atomic E-state index is -1.22. The topological polar surface area (TPSA) is 26.7 Å². The molecule has 0 aliphatic carbocycles. The van der Waals surface area contributed by atoms with Crippen molar-refractivity contribution in [3.05, 3.63) is 134 Å². The zero-order chi connectivity index (χ0) is 23.8. The second kappa shape index (κ2) is 10.9. The van der Waals surface area contributed by atoms with Crippen molar-refractivity contribution in [1.82, 2.24) is 9.80 Å². The zero-order valence-corrected chi connectivity index (χ0v) is 19.9. The van der Waals surface area contributed by atoms with Gasteiger partial charge in [0.25, 0.3) is 0 Å². The Morgan fingerprint density at radius 2 is 0.794 bits per heavy atom. The van der Waals surface area contributed by atoms with Gasteiger partial charge in [-0.15, -0.1) is 0 Å². The van der Waals surface area contributed by atoms with E-state index in [4.69, 9.17) is 5.11 Å². The lowest BCUT2D eigenvalue weighted by Crippen LogP contribution is -2.74. The van der Waals surface area contributed by atoms with Gasteiger partial charge in [-0.05, 0) is 0 Å². The highest BCUT2D eigenvalue weighted by atomic mass is 16.3. The Bertz CT molecular complexity index is 992. The lowest BCUT2D eigenvalue weighted by Gasteiger charge is -2.44. The first-order valence-electron chi connectivity index (χ1n) is 11.8. The summed E-state index contributed by atoms with van der Waals surface area (Å²) in [7, 11) is 3.89. The van der Waals surface area contributed by atoms with E-state index in [9.17, 15) is 0 Å². The van der Waals surface area contributed by atoms with E-state index in [0.29, 0.717) is 0 Å². The van der Waals surface area contributed by atoms with Crippen molar-refractivity contribution < 1.29 is 5.11 Å². The summed E-state index contributed by atoms with van der Waals surface area (Å²) in [5, 5.41) is 8.78. The van der Waals surface area contributed by atoms with Crippen LogP contribution in [0.5, 0.6) is 0 Å². The van der Waals surface area contributed by atoms with Gasteiger partial charge in [0.05, 0.1) is 6.61 Å². The summed E-state index contributed by atoms with van der Waals surface area (Å²) < 4.78 is 0. The summed E-state index contributed by atoms with van der Waals surface area (Å²) in [6.07, 6.45) is 2.82. The molecule has 34 heavy (non-hydrogen) atoms. The standard InChI is InChI=1S/C24H20B.C6H12N2O/c1-5-13-21(14-6-1)25(22-15-7-2-8-16-22,23-17-9-3-10-18-23)24-19-11-4-12-20-24;1-7-3-4-8(2)6(7)5-9/h1-20H;3-4,6,9H,5H2,1-2H3/q-1;. The first-order chi connectivity index (χ1) is 16.7. The van der Waals surface area contributed by atoms with Crippen molar-refractivity contribution in [2.24, 2.45) is 0 Å². The van der Waals surface area contributed by atoms with Gasteiger partial charge >= 0.3 is 0 Å². The van der Waals surface area contributed by atoms with Gasteiger partial charge in [0, 0.05) is 26.5 Å². The quantitative estimate of drug-likeness (QED) is 0.477. The van der Waals surface area contributed by atoms with Gasteiger partial charge in [0.2, 0.25) is 0 Å². The number of aliphatic hydroxyl groups is 1. The van der Waals surface area contributed by atoms with Crippen molar-refractivity contribution in [1.29, 1.82) is 0 Å². The van der Waals surface area contributed by atoms with E-state index in [1.807, 2.05) is 36.3 Å². The largest absolute Gasteiger partial charge is 0.392 e. The number of hydrogen-bond donors (Lipinski definition) is 1. The van der Waals surface area contributed by atoms with Crippen LogP contribution in [0.3, 0.4) is 0 Å². The van der Waals surface area contributed by atoms with E-state index in [2.05, 4.69) is 121 Å². The molecule has 0 aromatic heterocycles. The second-order valence-electron chi connectivity index (χ2n) is 8.80. The van der Waals surface area contributed by atoms with Crippen LogP contribution in [0.4, 0.5) is 0 Å². The van der Waals surface area contributed by atoms with Crippen LogP contribution in [0.2, 0.25) is 0 Å². The normalized spacial score (nSPS) is 13.5. The maximum absolute atomic E-state index is 8.78. The Balaban J connectivity index is 0.000000257. The fourth-order valence-corrected chi connectivity index (χ4v) is 5.08. The van der Waals surface area contributed by atoms with Crippen LogP contribution < -0.4 is 21.9 Å². The van der Waals surface area contributed by atoms with Gasteiger partial charge in [-0.2, -0.15) is 21.9 Å². The Kier molecular flexibility index (Phi) is 7.51. The average molecular weight is 447 g/mol. The molecule has 0 fully saturated rings. The smallest absolute Gasteiger partial charge is 0.124 e. The molecule has 0 spiro atoms. The van der Waals surface area contributed by atoms with Gasteiger partial charge in [-0.1, -0.05) is 121 Å². The minimum Gasteiger partial charge on any atom is -0.392 e. The first kappa shape index (κ1) is 23.4. The van der Waals surface area contributed by atoms with E-state index < -0.39 is 6.15 Å². The van der Waals surface area contributed by atoms with Crippen molar-refractivity contribution in [3.63, 3.8) is 0 Å². The summed E-state index contributed by atoms with van der Waals surface area (Å²) in [4.78, 5) is 3.94. The van der Waals surface area contributed by atoms with Crippen LogP contribution >= 0.6 is 0 Å². The lowest BCUT2D eigenvalue weighted by molar-refractivity contribution is 0.113. The molecule has 1 heterocycles. The number of nitrogens with zero attached hydrogens (tertiary/aromatic N) is 2. The maximum atomic E-state index is 8.78. The molecule has 1 N–H and O–H groups in total. The van der Waals surface area contributed by atoms with Gasteiger partial charge in [0.15, 0.2) is 0 Å². The third kappa shape index (κ3) is 4.64. The van der Waals surface area contributed by atoms with Gasteiger partial charge in [0.1, 0.15) is 12.3 Å². The van der Waals surface area contributed by atoms with Gasteiger partial charge in [-0.25, -0.2) is 0 Å². The monoisotopic (exact) mass is 447 g/mol. The van der Waals surface area contributed by atoms with E-state index in [0.717, 1.165) is 0 Å². The number of benzene rings is 4. The Morgan fingerprint density at radius 3 is 1.00 bits per heavy atom. The Hall–Kier alpha value is -3.76. The van der Waals surface area contributed by atoms with Crippen molar-refractivity contribution in [3.8, 4) is 0 Å². The predicted octanol–water partition coefficient (Wildman–Crippen LogP) is 2.72. The van der Waals surface area contributed by atoms with E-state index in [-0.39, 0.29) is 12.8 Å². The Morgan fingerprint density at radius 1 is 0.529 bits per heavy atom. The van der Waals surface area contributed by atoms with Crippen LogP contribution in [-0.4, -0.2) is 47.9 Å². The SMILES string of the molecule is CN1C=CN(C)C1CO.c1ccc([B-](c2ccccc2)(c2ccccc2)c2ccccc2)cc1. The molecule has 0 atom stereocenters. The van der Waals surface area contributed by atoms with E-state index in [1.54, 1.807) is 0 Å². The van der Waals surface area contributed by atoms with Crippen molar-refractivity contribution in [2.75, 3.05) is 20.7 Å². The molecule has 5 rings (SSSR count). The van der Waals surface area contributed by atoms with Crippen LogP contribution in [0, 0.1) is 0 Å². The zero-order valence-electron chi connectivity index (χ0n) is 19.9. The van der Waals surface area contributed by atoms with Crippen LogP contribution in [0.25, 0.3) is 0 Å². The third-order valence-corrected chi connectivity index (χ3v) is 6.84. The number of hydrogen-bond acceptors (Lipinski definition) is 3. The summed E-state index contributed by atoms with van der Waals surface area (Å²) in [5.74, 6) is 0.